The van der Waals surface area contributed by atoms with Gasteiger partial charge in [-0.05, 0) is 30.8 Å². The molecule has 0 aliphatic carbocycles. The first kappa shape index (κ1) is 16.6. The molecule has 1 saturated heterocycles. The molecular weight excluding hydrogens is 286 g/mol. The second-order valence-corrected chi connectivity index (χ2v) is 5.85. The first-order valence-electron chi connectivity index (χ1n) is 7.68. The largest absolute Gasteiger partial charge is 0.383 e. The lowest BCUT2D eigenvalue weighted by Crippen LogP contribution is -2.54. The lowest BCUT2D eigenvalue weighted by atomic mass is 10.2. The van der Waals surface area contributed by atoms with Gasteiger partial charge in [0.2, 0.25) is 0 Å². The first-order chi connectivity index (χ1) is 10.2. The van der Waals surface area contributed by atoms with Crippen molar-refractivity contribution in [2.75, 3.05) is 57.9 Å². The fourth-order valence-electron chi connectivity index (χ4n) is 2.79. The number of ether oxygens (including phenoxy) is 1. The molecule has 1 aliphatic rings. The van der Waals surface area contributed by atoms with E-state index in [0.717, 1.165) is 50.9 Å². The summed E-state index contributed by atoms with van der Waals surface area (Å²) in [4.78, 5) is 4.95. The molecule has 0 amide bonds. The van der Waals surface area contributed by atoms with Crippen molar-refractivity contribution in [2.24, 2.45) is 0 Å². The van der Waals surface area contributed by atoms with E-state index in [0.29, 0.717) is 6.04 Å². The molecule has 5 heteroatoms. The number of piperazine rings is 1. The van der Waals surface area contributed by atoms with Crippen LogP contribution in [0.1, 0.15) is 6.92 Å². The smallest absolute Gasteiger partial charge is 0.0630 e. The van der Waals surface area contributed by atoms with Crippen LogP contribution >= 0.6 is 11.6 Å². The number of anilines is 1. The predicted octanol–water partition coefficient (Wildman–Crippen LogP) is 2.09. The Morgan fingerprint density at radius 2 is 1.86 bits per heavy atom. The maximum absolute atomic E-state index is 5.95. The standard InChI is InChI=1S/C16H26ClN3O/c1-3-18-12-16(13-21-2)20-10-8-19(9-11-20)15-6-4-14(17)5-7-15/h4-7,16,18H,3,8-13H2,1-2H3. The number of nitrogens with one attached hydrogen (secondary N) is 1. The average molecular weight is 312 g/mol. The van der Waals surface area contributed by atoms with Crippen molar-refractivity contribution in [3.63, 3.8) is 0 Å². The molecule has 1 aliphatic heterocycles. The summed E-state index contributed by atoms with van der Waals surface area (Å²) in [6.07, 6.45) is 0. The Kier molecular flexibility index (Phi) is 6.77. The maximum Gasteiger partial charge on any atom is 0.0630 e. The second-order valence-electron chi connectivity index (χ2n) is 5.42. The Bertz CT molecular complexity index is 404. The van der Waals surface area contributed by atoms with Crippen molar-refractivity contribution in [2.45, 2.75) is 13.0 Å². The van der Waals surface area contributed by atoms with Crippen LogP contribution in [0.4, 0.5) is 5.69 Å². The fourth-order valence-corrected chi connectivity index (χ4v) is 2.92. The summed E-state index contributed by atoms with van der Waals surface area (Å²) >= 11 is 5.95. The number of methoxy groups -OCH3 is 1. The van der Waals surface area contributed by atoms with E-state index in [1.54, 1.807) is 7.11 Å². The third-order valence-electron chi connectivity index (χ3n) is 4.01. The van der Waals surface area contributed by atoms with Gasteiger partial charge in [-0.3, -0.25) is 4.90 Å². The van der Waals surface area contributed by atoms with Crippen LogP contribution in [0.5, 0.6) is 0 Å². The van der Waals surface area contributed by atoms with E-state index in [1.165, 1.54) is 5.69 Å². The van der Waals surface area contributed by atoms with Crippen LogP contribution in [-0.4, -0.2) is 63.9 Å². The molecule has 0 radical (unpaired) electrons. The molecule has 1 unspecified atom stereocenters. The lowest BCUT2D eigenvalue weighted by molar-refractivity contribution is 0.0855. The number of hydrogen-bond donors (Lipinski definition) is 1. The summed E-state index contributed by atoms with van der Waals surface area (Å²) in [5.41, 5.74) is 1.26. The van der Waals surface area contributed by atoms with Gasteiger partial charge in [0, 0.05) is 56.6 Å². The van der Waals surface area contributed by atoms with E-state index in [9.17, 15) is 0 Å². The number of nitrogens with zero attached hydrogens (tertiary/aromatic N) is 2. The molecule has 0 bridgehead atoms. The first-order valence-corrected chi connectivity index (χ1v) is 8.06. The topological polar surface area (TPSA) is 27.7 Å². The van der Waals surface area contributed by atoms with Gasteiger partial charge >= 0.3 is 0 Å². The lowest BCUT2D eigenvalue weighted by Gasteiger charge is -2.40. The third-order valence-corrected chi connectivity index (χ3v) is 4.26. The highest BCUT2D eigenvalue weighted by Crippen LogP contribution is 2.20. The quantitative estimate of drug-likeness (QED) is 0.834. The molecule has 1 heterocycles. The normalized spacial score (nSPS) is 18.0. The maximum atomic E-state index is 5.95. The van der Waals surface area contributed by atoms with E-state index in [2.05, 4.69) is 34.2 Å². The minimum Gasteiger partial charge on any atom is -0.383 e. The molecule has 1 N–H and O–H groups in total. The van der Waals surface area contributed by atoms with Crippen LogP contribution in [0.25, 0.3) is 0 Å². The van der Waals surface area contributed by atoms with E-state index >= 15 is 0 Å². The summed E-state index contributed by atoms with van der Waals surface area (Å²) in [7, 11) is 1.78. The van der Waals surface area contributed by atoms with Gasteiger partial charge in [0.1, 0.15) is 0 Å². The zero-order valence-corrected chi connectivity index (χ0v) is 13.8. The van der Waals surface area contributed by atoms with Crippen molar-refractivity contribution in [3.8, 4) is 0 Å². The van der Waals surface area contributed by atoms with Crippen LogP contribution in [0.2, 0.25) is 5.02 Å². The molecular formula is C16H26ClN3O. The van der Waals surface area contributed by atoms with Gasteiger partial charge in [-0.2, -0.15) is 0 Å². The molecule has 1 aromatic rings. The molecule has 21 heavy (non-hydrogen) atoms. The Hall–Kier alpha value is -0.810. The summed E-state index contributed by atoms with van der Waals surface area (Å²) < 4.78 is 5.37. The van der Waals surface area contributed by atoms with E-state index in [4.69, 9.17) is 16.3 Å². The van der Waals surface area contributed by atoms with Crippen LogP contribution in [0.3, 0.4) is 0 Å². The number of halogens is 1. The van der Waals surface area contributed by atoms with Gasteiger partial charge in [-0.15, -0.1) is 0 Å². The Morgan fingerprint density at radius 3 is 2.43 bits per heavy atom. The van der Waals surface area contributed by atoms with Gasteiger partial charge in [-0.1, -0.05) is 18.5 Å². The SMILES string of the molecule is CCNCC(COC)N1CCN(c2ccc(Cl)cc2)CC1. The monoisotopic (exact) mass is 311 g/mol. The summed E-state index contributed by atoms with van der Waals surface area (Å²) in [5.74, 6) is 0. The fraction of sp³-hybridized carbons (Fsp3) is 0.625. The molecule has 1 atom stereocenters. The zero-order valence-electron chi connectivity index (χ0n) is 13.0. The van der Waals surface area contributed by atoms with E-state index in [1.807, 2.05) is 12.1 Å². The van der Waals surface area contributed by atoms with Gasteiger partial charge in [0.15, 0.2) is 0 Å². The highest BCUT2D eigenvalue weighted by atomic mass is 35.5. The van der Waals surface area contributed by atoms with Gasteiger partial charge < -0.3 is 15.0 Å². The van der Waals surface area contributed by atoms with Crippen LogP contribution in [0.15, 0.2) is 24.3 Å². The molecule has 0 spiro atoms. The molecule has 4 nitrogen and oxygen atoms in total. The highest BCUT2D eigenvalue weighted by Gasteiger charge is 2.23. The summed E-state index contributed by atoms with van der Waals surface area (Å²) in [5, 5.41) is 4.22. The molecule has 0 saturated carbocycles. The van der Waals surface area contributed by atoms with Gasteiger partial charge in [-0.25, -0.2) is 0 Å². The highest BCUT2D eigenvalue weighted by molar-refractivity contribution is 6.30. The number of hydrogen-bond acceptors (Lipinski definition) is 4. The Morgan fingerprint density at radius 1 is 1.19 bits per heavy atom. The molecule has 0 aromatic heterocycles. The van der Waals surface area contributed by atoms with Crippen LogP contribution in [0, 0.1) is 0 Å². The summed E-state index contributed by atoms with van der Waals surface area (Å²) in [6.45, 7) is 9.17. The molecule has 118 valence electrons. The molecule has 1 fully saturated rings. The third kappa shape index (κ3) is 4.85. The Labute approximate surface area is 133 Å². The van der Waals surface area contributed by atoms with E-state index in [-0.39, 0.29) is 0 Å². The average Bonchev–Trinajstić information content (AvgIpc) is 2.52. The minimum atomic E-state index is 0.460. The van der Waals surface area contributed by atoms with Crippen molar-refractivity contribution in [1.29, 1.82) is 0 Å². The molecule has 1 aromatic carbocycles. The number of rotatable bonds is 7. The molecule has 2 rings (SSSR count). The Balaban J connectivity index is 1.87. The van der Waals surface area contributed by atoms with Gasteiger partial charge in [0.05, 0.1) is 6.61 Å². The summed E-state index contributed by atoms with van der Waals surface area (Å²) in [6, 6.07) is 8.58. The van der Waals surface area contributed by atoms with Crippen molar-refractivity contribution < 1.29 is 4.74 Å². The van der Waals surface area contributed by atoms with Crippen molar-refractivity contribution in [3.05, 3.63) is 29.3 Å². The van der Waals surface area contributed by atoms with Crippen LogP contribution < -0.4 is 10.2 Å². The van der Waals surface area contributed by atoms with E-state index < -0.39 is 0 Å². The predicted molar refractivity (Wildman–Crippen MR) is 89.4 cm³/mol. The zero-order chi connectivity index (χ0) is 15.1. The second kappa shape index (κ2) is 8.59. The van der Waals surface area contributed by atoms with Crippen molar-refractivity contribution >= 4 is 17.3 Å². The van der Waals surface area contributed by atoms with Crippen LogP contribution in [-0.2, 0) is 4.74 Å². The van der Waals surface area contributed by atoms with Gasteiger partial charge in [0.25, 0.3) is 0 Å². The van der Waals surface area contributed by atoms with Crippen molar-refractivity contribution in [1.82, 2.24) is 10.2 Å². The number of likely N-dealkylation sites (N-methyl/N-ethyl adjacent to an activating group) is 1. The minimum absolute atomic E-state index is 0.460. The number of benzene rings is 1.